The van der Waals surface area contributed by atoms with Gasteiger partial charge in [-0.05, 0) is 43.3 Å². The van der Waals surface area contributed by atoms with Crippen molar-refractivity contribution < 1.29 is 14.6 Å². The van der Waals surface area contributed by atoms with E-state index in [4.69, 9.17) is 9.47 Å². The van der Waals surface area contributed by atoms with Gasteiger partial charge < -0.3 is 14.6 Å². The second-order valence-corrected chi connectivity index (χ2v) is 5.21. The standard InChI is InChI=1S/C16H18O3S/c1-2-18-13-7-9-14(10-8-13)19-11-12-20-16-6-4-3-5-15(16)17/h3-10,17H,2,11-12H2,1H3. The molecule has 0 unspecified atom stereocenters. The van der Waals surface area contributed by atoms with Crippen molar-refractivity contribution in [2.75, 3.05) is 19.0 Å². The summed E-state index contributed by atoms with van der Waals surface area (Å²) in [7, 11) is 0. The Bertz CT molecular complexity index is 526. The Kier molecular flexibility index (Phi) is 5.62. The summed E-state index contributed by atoms with van der Waals surface area (Å²) < 4.78 is 11.0. The van der Waals surface area contributed by atoms with Crippen molar-refractivity contribution in [2.45, 2.75) is 11.8 Å². The Hall–Kier alpha value is -1.81. The number of phenols is 1. The third kappa shape index (κ3) is 4.38. The molecule has 20 heavy (non-hydrogen) atoms. The highest BCUT2D eigenvalue weighted by molar-refractivity contribution is 7.99. The third-order valence-corrected chi connectivity index (χ3v) is 3.64. The Balaban J connectivity index is 1.74. The molecule has 0 atom stereocenters. The minimum Gasteiger partial charge on any atom is -0.507 e. The number of hydrogen-bond acceptors (Lipinski definition) is 4. The zero-order chi connectivity index (χ0) is 14.2. The van der Waals surface area contributed by atoms with Gasteiger partial charge in [0.2, 0.25) is 0 Å². The van der Waals surface area contributed by atoms with E-state index in [0.717, 1.165) is 22.1 Å². The molecular formula is C16H18O3S. The van der Waals surface area contributed by atoms with Gasteiger partial charge in [-0.1, -0.05) is 12.1 Å². The Morgan fingerprint density at radius 3 is 2.25 bits per heavy atom. The first-order valence-electron chi connectivity index (χ1n) is 6.56. The second kappa shape index (κ2) is 7.70. The van der Waals surface area contributed by atoms with Gasteiger partial charge in [-0.15, -0.1) is 11.8 Å². The molecule has 2 aromatic carbocycles. The maximum atomic E-state index is 9.63. The molecule has 2 rings (SSSR count). The number of rotatable bonds is 7. The van der Waals surface area contributed by atoms with Crippen molar-refractivity contribution in [1.29, 1.82) is 0 Å². The molecule has 4 heteroatoms. The van der Waals surface area contributed by atoms with E-state index in [1.165, 1.54) is 0 Å². The molecule has 0 aliphatic heterocycles. The molecule has 0 radical (unpaired) electrons. The smallest absolute Gasteiger partial charge is 0.129 e. The van der Waals surface area contributed by atoms with Crippen molar-refractivity contribution in [3.8, 4) is 17.2 Å². The summed E-state index contributed by atoms with van der Waals surface area (Å²) in [6.45, 7) is 3.21. The van der Waals surface area contributed by atoms with E-state index in [9.17, 15) is 5.11 Å². The molecule has 0 saturated carbocycles. The fourth-order valence-electron chi connectivity index (χ4n) is 1.69. The fraction of sp³-hybridized carbons (Fsp3) is 0.250. The lowest BCUT2D eigenvalue weighted by Gasteiger charge is -2.08. The second-order valence-electron chi connectivity index (χ2n) is 4.07. The summed E-state index contributed by atoms with van der Waals surface area (Å²) >= 11 is 1.58. The lowest BCUT2D eigenvalue weighted by molar-refractivity contribution is 0.332. The monoisotopic (exact) mass is 290 g/mol. The molecule has 0 saturated heterocycles. The van der Waals surface area contributed by atoms with Crippen LogP contribution in [0.4, 0.5) is 0 Å². The highest BCUT2D eigenvalue weighted by atomic mass is 32.2. The van der Waals surface area contributed by atoms with Gasteiger partial charge in [-0.3, -0.25) is 0 Å². The molecule has 2 aromatic rings. The van der Waals surface area contributed by atoms with Gasteiger partial charge in [0.05, 0.1) is 13.2 Å². The Morgan fingerprint density at radius 2 is 1.60 bits per heavy atom. The van der Waals surface area contributed by atoms with Crippen LogP contribution in [0.5, 0.6) is 17.2 Å². The third-order valence-electron chi connectivity index (χ3n) is 2.61. The summed E-state index contributed by atoms with van der Waals surface area (Å²) in [6.07, 6.45) is 0. The predicted molar refractivity (Wildman–Crippen MR) is 81.9 cm³/mol. The molecule has 0 fully saturated rings. The largest absolute Gasteiger partial charge is 0.507 e. The van der Waals surface area contributed by atoms with Crippen LogP contribution in [0.2, 0.25) is 0 Å². The maximum Gasteiger partial charge on any atom is 0.129 e. The van der Waals surface area contributed by atoms with Gasteiger partial charge >= 0.3 is 0 Å². The zero-order valence-corrected chi connectivity index (χ0v) is 12.2. The minimum absolute atomic E-state index is 0.318. The number of benzene rings is 2. The minimum atomic E-state index is 0.318. The molecule has 0 amide bonds. The van der Waals surface area contributed by atoms with Gasteiger partial charge in [-0.2, -0.15) is 0 Å². The van der Waals surface area contributed by atoms with Crippen LogP contribution >= 0.6 is 11.8 Å². The van der Waals surface area contributed by atoms with E-state index in [2.05, 4.69) is 0 Å². The fourth-order valence-corrected chi connectivity index (χ4v) is 2.47. The lowest BCUT2D eigenvalue weighted by atomic mass is 10.3. The number of ether oxygens (including phenoxy) is 2. The Morgan fingerprint density at radius 1 is 0.950 bits per heavy atom. The summed E-state index contributed by atoms with van der Waals surface area (Å²) in [5.41, 5.74) is 0. The highest BCUT2D eigenvalue weighted by Crippen LogP contribution is 2.27. The van der Waals surface area contributed by atoms with Gasteiger partial charge in [0.1, 0.15) is 17.2 Å². The van der Waals surface area contributed by atoms with Crippen LogP contribution < -0.4 is 9.47 Å². The molecule has 3 nitrogen and oxygen atoms in total. The van der Waals surface area contributed by atoms with Crippen LogP contribution in [0, 0.1) is 0 Å². The molecule has 0 spiro atoms. The van der Waals surface area contributed by atoms with Crippen molar-refractivity contribution in [2.24, 2.45) is 0 Å². The number of aromatic hydroxyl groups is 1. The molecule has 106 valence electrons. The van der Waals surface area contributed by atoms with Gasteiger partial charge in [-0.25, -0.2) is 0 Å². The number of hydrogen-bond donors (Lipinski definition) is 1. The SMILES string of the molecule is CCOc1ccc(OCCSc2ccccc2O)cc1. The van der Waals surface area contributed by atoms with E-state index >= 15 is 0 Å². The van der Waals surface area contributed by atoms with Crippen molar-refractivity contribution in [1.82, 2.24) is 0 Å². The normalized spacial score (nSPS) is 10.2. The lowest BCUT2D eigenvalue weighted by Crippen LogP contribution is -2.00. The van der Waals surface area contributed by atoms with Gasteiger partial charge in [0.25, 0.3) is 0 Å². The van der Waals surface area contributed by atoms with Crippen LogP contribution in [-0.2, 0) is 0 Å². The molecular weight excluding hydrogens is 272 g/mol. The van der Waals surface area contributed by atoms with E-state index < -0.39 is 0 Å². The summed E-state index contributed by atoms with van der Waals surface area (Å²) in [6, 6.07) is 14.9. The van der Waals surface area contributed by atoms with E-state index in [1.807, 2.05) is 49.4 Å². The first-order valence-corrected chi connectivity index (χ1v) is 7.54. The topological polar surface area (TPSA) is 38.7 Å². The molecule has 0 aliphatic rings. The number of phenolic OH excluding ortho intramolecular Hbond substituents is 1. The molecule has 1 N–H and O–H groups in total. The predicted octanol–water partition coefficient (Wildman–Crippen LogP) is 3.96. The Labute approximate surface area is 123 Å². The first kappa shape index (κ1) is 14.6. The average Bonchev–Trinajstić information content (AvgIpc) is 2.47. The highest BCUT2D eigenvalue weighted by Gasteiger charge is 2.00. The van der Waals surface area contributed by atoms with Gasteiger partial charge in [0, 0.05) is 10.6 Å². The van der Waals surface area contributed by atoms with E-state index in [0.29, 0.717) is 19.0 Å². The van der Waals surface area contributed by atoms with Crippen molar-refractivity contribution >= 4 is 11.8 Å². The van der Waals surface area contributed by atoms with Crippen LogP contribution in [0.25, 0.3) is 0 Å². The number of para-hydroxylation sites is 1. The van der Waals surface area contributed by atoms with Crippen molar-refractivity contribution in [3.63, 3.8) is 0 Å². The average molecular weight is 290 g/mol. The van der Waals surface area contributed by atoms with Crippen LogP contribution in [0.3, 0.4) is 0 Å². The summed E-state index contributed by atoms with van der Waals surface area (Å²) in [5, 5.41) is 9.63. The summed E-state index contributed by atoms with van der Waals surface area (Å²) in [5.74, 6) is 2.78. The van der Waals surface area contributed by atoms with E-state index in [1.54, 1.807) is 17.8 Å². The van der Waals surface area contributed by atoms with Crippen LogP contribution in [0.1, 0.15) is 6.92 Å². The van der Waals surface area contributed by atoms with Crippen molar-refractivity contribution in [3.05, 3.63) is 48.5 Å². The summed E-state index contributed by atoms with van der Waals surface area (Å²) in [4.78, 5) is 0.878. The first-order chi connectivity index (χ1) is 9.79. The van der Waals surface area contributed by atoms with Gasteiger partial charge in [0.15, 0.2) is 0 Å². The van der Waals surface area contributed by atoms with Crippen LogP contribution in [0.15, 0.2) is 53.4 Å². The van der Waals surface area contributed by atoms with E-state index in [-0.39, 0.29) is 0 Å². The maximum absolute atomic E-state index is 9.63. The molecule has 0 aromatic heterocycles. The van der Waals surface area contributed by atoms with Crippen LogP contribution in [-0.4, -0.2) is 24.1 Å². The molecule has 0 bridgehead atoms. The molecule has 0 heterocycles. The quantitative estimate of drug-likeness (QED) is 0.619. The number of thioether (sulfide) groups is 1. The molecule has 0 aliphatic carbocycles. The zero-order valence-electron chi connectivity index (χ0n) is 11.4.